The van der Waals surface area contributed by atoms with Gasteiger partial charge in [-0.2, -0.15) is 0 Å². The molecule has 10 heteroatoms. The maximum absolute atomic E-state index is 14.0. The zero-order valence-corrected chi connectivity index (χ0v) is 15.8. The van der Waals surface area contributed by atoms with Crippen LogP contribution in [0.1, 0.15) is 12.2 Å². The molecule has 29 heavy (non-hydrogen) atoms. The van der Waals surface area contributed by atoms with Crippen LogP contribution in [0.4, 0.5) is 14.5 Å². The van der Waals surface area contributed by atoms with Crippen molar-refractivity contribution in [2.45, 2.75) is 19.0 Å². The summed E-state index contributed by atoms with van der Waals surface area (Å²) in [5.74, 6) is 1.16. The number of hydrogen-bond donors (Lipinski definition) is 3. The van der Waals surface area contributed by atoms with Crippen molar-refractivity contribution in [1.29, 1.82) is 0 Å². The predicted octanol–water partition coefficient (Wildman–Crippen LogP) is 2.29. The van der Waals surface area contributed by atoms with Crippen LogP contribution in [0.3, 0.4) is 0 Å². The molecule has 0 amide bonds. The molecule has 1 saturated heterocycles. The van der Waals surface area contributed by atoms with Gasteiger partial charge in [0.2, 0.25) is 5.82 Å². The van der Waals surface area contributed by atoms with Crippen LogP contribution in [0.2, 0.25) is 0 Å². The van der Waals surface area contributed by atoms with E-state index in [1.54, 1.807) is 30.3 Å². The summed E-state index contributed by atoms with van der Waals surface area (Å²) in [7, 11) is 1.66. The maximum Gasteiger partial charge on any atom is 0.216 e. The number of anilines is 1. The first-order valence-corrected chi connectivity index (χ1v) is 9.25. The molecule has 1 aliphatic heterocycles. The Morgan fingerprint density at radius 3 is 2.86 bits per heavy atom. The lowest BCUT2D eigenvalue weighted by Gasteiger charge is -2.21. The highest BCUT2D eigenvalue weighted by Crippen LogP contribution is 2.26. The number of furan rings is 1. The van der Waals surface area contributed by atoms with Crippen molar-refractivity contribution in [2.24, 2.45) is 4.99 Å². The standard InChI is InChI=1S/C19H21F2N7O/c1-22-19(23-10-16-25-18(27-26-16)15-6-3-9-29-15)24-12-7-8-28(11-12)17-13(20)4-2-5-14(17)21/h2-6,9,12H,7-8,10-11H2,1H3,(H2,22,23,24)(H,25,26,27). The third-order valence-corrected chi connectivity index (χ3v) is 4.70. The number of para-hydroxylation sites is 1. The lowest BCUT2D eigenvalue weighted by atomic mass is 10.2. The van der Waals surface area contributed by atoms with E-state index in [2.05, 4.69) is 30.8 Å². The molecule has 3 aromatic rings. The number of nitrogens with zero attached hydrogens (tertiary/aromatic N) is 4. The second kappa shape index (κ2) is 8.29. The highest BCUT2D eigenvalue weighted by Gasteiger charge is 2.27. The number of hydrogen-bond acceptors (Lipinski definition) is 5. The second-order valence-corrected chi connectivity index (χ2v) is 6.65. The Labute approximate surface area is 166 Å². The number of aromatic amines is 1. The van der Waals surface area contributed by atoms with Crippen LogP contribution < -0.4 is 15.5 Å². The largest absolute Gasteiger partial charge is 0.461 e. The Balaban J connectivity index is 1.32. The minimum atomic E-state index is -0.550. The fourth-order valence-corrected chi connectivity index (χ4v) is 3.32. The zero-order chi connectivity index (χ0) is 20.2. The summed E-state index contributed by atoms with van der Waals surface area (Å²) in [6, 6.07) is 7.47. The Morgan fingerprint density at radius 1 is 1.31 bits per heavy atom. The van der Waals surface area contributed by atoms with Crippen LogP contribution in [-0.2, 0) is 6.54 Å². The molecule has 4 rings (SSSR count). The minimum Gasteiger partial charge on any atom is -0.461 e. The molecule has 3 N–H and O–H groups in total. The maximum atomic E-state index is 14.0. The number of aliphatic imine (C=N–C) groups is 1. The van der Waals surface area contributed by atoms with Gasteiger partial charge in [0.15, 0.2) is 11.7 Å². The Bertz CT molecular complexity index is 966. The summed E-state index contributed by atoms with van der Waals surface area (Å²) in [5, 5.41) is 13.4. The van der Waals surface area contributed by atoms with Crippen LogP contribution in [0.25, 0.3) is 11.6 Å². The second-order valence-electron chi connectivity index (χ2n) is 6.65. The molecule has 8 nitrogen and oxygen atoms in total. The van der Waals surface area contributed by atoms with E-state index in [1.807, 2.05) is 0 Å². The van der Waals surface area contributed by atoms with E-state index < -0.39 is 11.6 Å². The van der Waals surface area contributed by atoms with Gasteiger partial charge in [0.25, 0.3) is 0 Å². The van der Waals surface area contributed by atoms with E-state index in [1.165, 1.54) is 18.2 Å². The van der Waals surface area contributed by atoms with Crippen LogP contribution in [0, 0.1) is 11.6 Å². The molecular weight excluding hydrogens is 380 g/mol. The normalized spacial score (nSPS) is 17.0. The van der Waals surface area contributed by atoms with Crippen LogP contribution in [0.15, 0.2) is 46.0 Å². The molecule has 1 aromatic carbocycles. The Morgan fingerprint density at radius 2 is 2.14 bits per heavy atom. The molecule has 3 heterocycles. The monoisotopic (exact) mass is 401 g/mol. The number of nitrogens with one attached hydrogen (secondary N) is 3. The molecule has 1 atom stereocenters. The molecule has 152 valence electrons. The summed E-state index contributed by atoms with van der Waals surface area (Å²) < 4.78 is 33.3. The average molecular weight is 401 g/mol. The van der Waals surface area contributed by atoms with E-state index in [-0.39, 0.29) is 11.7 Å². The first-order valence-electron chi connectivity index (χ1n) is 9.25. The molecule has 0 saturated carbocycles. The van der Waals surface area contributed by atoms with Crippen molar-refractivity contribution in [3.8, 4) is 11.6 Å². The number of benzene rings is 1. The van der Waals surface area contributed by atoms with Crippen molar-refractivity contribution in [3.05, 3.63) is 54.1 Å². The average Bonchev–Trinajstić information content (AvgIpc) is 3.46. The highest BCUT2D eigenvalue weighted by molar-refractivity contribution is 5.80. The fourth-order valence-electron chi connectivity index (χ4n) is 3.32. The highest BCUT2D eigenvalue weighted by atomic mass is 19.1. The van der Waals surface area contributed by atoms with Gasteiger partial charge >= 0.3 is 0 Å². The van der Waals surface area contributed by atoms with Crippen LogP contribution >= 0.6 is 0 Å². The van der Waals surface area contributed by atoms with Gasteiger partial charge in [-0.25, -0.2) is 13.8 Å². The van der Waals surface area contributed by atoms with E-state index in [4.69, 9.17) is 4.42 Å². The van der Waals surface area contributed by atoms with Gasteiger partial charge in [-0.15, -0.1) is 5.10 Å². The Hall–Kier alpha value is -3.43. The molecule has 0 spiro atoms. The molecular formula is C19H21F2N7O. The molecule has 0 radical (unpaired) electrons. The first-order chi connectivity index (χ1) is 14.1. The summed E-state index contributed by atoms with van der Waals surface area (Å²) in [5.41, 5.74) is 0.0202. The topological polar surface area (TPSA) is 94.4 Å². The van der Waals surface area contributed by atoms with E-state index in [0.29, 0.717) is 43.0 Å². The van der Waals surface area contributed by atoms with Crippen molar-refractivity contribution >= 4 is 11.6 Å². The van der Waals surface area contributed by atoms with E-state index in [9.17, 15) is 8.78 Å². The number of guanidine groups is 1. The third-order valence-electron chi connectivity index (χ3n) is 4.70. The van der Waals surface area contributed by atoms with E-state index in [0.717, 1.165) is 6.42 Å². The molecule has 2 aromatic heterocycles. The summed E-state index contributed by atoms with van der Waals surface area (Å²) in [6.07, 6.45) is 2.30. The van der Waals surface area contributed by atoms with Gasteiger partial charge in [0.05, 0.1) is 12.8 Å². The zero-order valence-electron chi connectivity index (χ0n) is 15.8. The summed E-state index contributed by atoms with van der Waals surface area (Å²) in [4.78, 5) is 10.3. The quantitative estimate of drug-likeness (QED) is 0.449. The molecule has 0 aliphatic carbocycles. The smallest absolute Gasteiger partial charge is 0.216 e. The number of aromatic nitrogens is 3. The minimum absolute atomic E-state index is 0.00797. The number of H-pyrrole nitrogens is 1. The molecule has 1 aliphatic rings. The number of rotatable bonds is 5. The van der Waals surface area contributed by atoms with Gasteiger partial charge in [-0.1, -0.05) is 6.07 Å². The van der Waals surface area contributed by atoms with Gasteiger partial charge in [-0.05, 0) is 30.7 Å². The fraction of sp³-hybridized carbons (Fsp3) is 0.316. The lowest BCUT2D eigenvalue weighted by molar-refractivity contribution is 0.575. The SMILES string of the molecule is CN=C(NCc1nc(-c2ccco2)n[nH]1)NC1CCN(c2c(F)cccc2F)C1. The van der Waals surface area contributed by atoms with Crippen molar-refractivity contribution < 1.29 is 13.2 Å². The van der Waals surface area contributed by atoms with Crippen LogP contribution in [0.5, 0.6) is 0 Å². The summed E-state index contributed by atoms with van der Waals surface area (Å²) in [6.45, 7) is 1.41. The lowest BCUT2D eigenvalue weighted by Crippen LogP contribution is -2.44. The van der Waals surface area contributed by atoms with Gasteiger partial charge in [0.1, 0.15) is 23.1 Å². The van der Waals surface area contributed by atoms with Gasteiger partial charge in [-0.3, -0.25) is 10.1 Å². The summed E-state index contributed by atoms with van der Waals surface area (Å²) >= 11 is 0. The Kier molecular flexibility index (Phi) is 5.41. The third kappa shape index (κ3) is 4.20. The van der Waals surface area contributed by atoms with Gasteiger partial charge in [0, 0.05) is 26.2 Å². The molecule has 1 fully saturated rings. The number of halogens is 2. The van der Waals surface area contributed by atoms with Crippen molar-refractivity contribution in [1.82, 2.24) is 25.8 Å². The van der Waals surface area contributed by atoms with Gasteiger partial charge < -0.3 is 20.0 Å². The molecule has 1 unspecified atom stereocenters. The first kappa shape index (κ1) is 18.9. The van der Waals surface area contributed by atoms with Crippen molar-refractivity contribution in [2.75, 3.05) is 25.0 Å². The predicted molar refractivity (Wildman–Crippen MR) is 104 cm³/mol. The van der Waals surface area contributed by atoms with Crippen molar-refractivity contribution in [3.63, 3.8) is 0 Å². The van der Waals surface area contributed by atoms with E-state index >= 15 is 0 Å². The van der Waals surface area contributed by atoms with Crippen LogP contribution in [-0.4, -0.2) is 47.3 Å². The molecule has 0 bridgehead atoms.